The molecule has 1 aromatic rings. The highest BCUT2D eigenvalue weighted by Crippen LogP contribution is 2.19. The van der Waals surface area contributed by atoms with Crippen LogP contribution in [0.5, 0.6) is 5.88 Å². The molecule has 0 aromatic carbocycles. The second-order valence-corrected chi connectivity index (χ2v) is 5.07. The Morgan fingerprint density at radius 2 is 2.26 bits per heavy atom. The summed E-state index contributed by atoms with van der Waals surface area (Å²) >= 11 is 0. The number of aromatic nitrogens is 1. The van der Waals surface area contributed by atoms with Gasteiger partial charge in [-0.1, -0.05) is 6.07 Å². The van der Waals surface area contributed by atoms with Gasteiger partial charge >= 0.3 is 12.2 Å². The van der Waals surface area contributed by atoms with Crippen molar-refractivity contribution in [2.75, 3.05) is 19.8 Å². The van der Waals surface area contributed by atoms with E-state index in [0.717, 1.165) is 12.8 Å². The summed E-state index contributed by atoms with van der Waals surface area (Å²) < 4.78 is 46.6. The highest BCUT2D eigenvalue weighted by molar-refractivity contribution is 5.73. The summed E-state index contributed by atoms with van der Waals surface area (Å²) in [6.07, 6.45) is -1.22. The maximum atomic E-state index is 12.2. The molecule has 1 aliphatic rings. The Bertz CT molecular complexity index is 519. The molecule has 6 nitrogen and oxygen atoms in total. The molecular formula is C14H18F3N3O3. The van der Waals surface area contributed by atoms with Crippen LogP contribution >= 0.6 is 0 Å². The minimum atomic E-state index is -4.44. The number of carbonyl (C=O) groups is 1. The second kappa shape index (κ2) is 8.00. The number of pyridine rings is 1. The van der Waals surface area contributed by atoms with Gasteiger partial charge in [0.25, 0.3) is 0 Å². The van der Waals surface area contributed by atoms with E-state index in [9.17, 15) is 18.0 Å². The molecule has 1 fully saturated rings. The number of hydrogen-bond acceptors (Lipinski definition) is 4. The zero-order valence-corrected chi connectivity index (χ0v) is 12.4. The van der Waals surface area contributed by atoms with E-state index in [1.807, 2.05) is 0 Å². The van der Waals surface area contributed by atoms with Gasteiger partial charge < -0.3 is 20.1 Å². The van der Waals surface area contributed by atoms with Crippen LogP contribution in [0.3, 0.4) is 0 Å². The Balaban J connectivity index is 1.78. The van der Waals surface area contributed by atoms with Crippen LogP contribution in [0.2, 0.25) is 0 Å². The predicted molar refractivity (Wildman–Crippen MR) is 75.0 cm³/mol. The summed E-state index contributed by atoms with van der Waals surface area (Å²) in [7, 11) is 0. The van der Waals surface area contributed by atoms with Crippen molar-refractivity contribution in [2.24, 2.45) is 0 Å². The summed E-state index contributed by atoms with van der Waals surface area (Å²) in [5.74, 6) is -0.149. The minimum absolute atomic E-state index is 0.0123. The predicted octanol–water partition coefficient (Wildman–Crippen LogP) is 2.00. The van der Waals surface area contributed by atoms with Crippen molar-refractivity contribution in [3.63, 3.8) is 0 Å². The molecule has 2 heterocycles. The molecule has 1 atom stereocenters. The summed E-state index contributed by atoms with van der Waals surface area (Å²) in [5, 5.41) is 5.21. The van der Waals surface area contributed by atoms with E-state index in [1.54, 1.807) is 12.1 Å². The van der Waals surface area contributed by atoms with Gasteiger partial charge in [-0.15, -0.1) is 0 Å². The van der Waals surface area contributed by atoms with Crippen LogP contribution < -0.4 is 15.4 Å². The van der Waals surface area contributed by atoms with E-state index in [4.69, 9.17) is 4.74 Å². The van der Waals surface area contributed by atoms with Crippen molar-refractivity contribution in [3.05, 3.63) is 23.9 Å². The largest absolute Gasteiger partial charge is 0.468 e. The lowest BCUT2D eigenvalue weighted by Crippen LogP contribution is -2.39. The van der Waals surface area contributed by atoms with Crippen molar-refractivity contribution in [2.45, 2.75) is 31.7 Å². The van der Waals surface area contributed by atoms with Crippen LogP contribution in [-0.4, -0.2) is 43.1 Å². The monoisotopic (exact) mass is 333 g/mol. The van der Waals surface area contributed by atoms with Crippen molar-refractivity contribution >= 4 is 6.03 Å². The number of rotatable bonds is 6. The number of nitrogens with zero attached hydrogens (tertiary/aromatic N) is 1. The zero-order chi connectivity index (χ0) is 16.7. The topological polar surface area (TPSA) is 72.5 Å². The smallest absolute Gasteiger partial charge is 0.422 e. The van der Waals surface area contributed by atoms with E-state index >= 15 is 0 Å². The van der Waals surface area contributed by atoms with Gasteiger partial charge in [-0.25, -0.2) is 9.78 Å². The zero-order valence-electron chi connectivity index (χ0n) is 12.4. The lowest BCUT2D eigenvalue weighted by Gasteiger charge is -2.14. The number of alkyl halides is 3. The molecule has 0 radical (unpaired) electrons. The Morgan fingerprint density at radius 3 is 2.96 bits per heavy atom. The van der Waals surface area contributed by atoms with Gasteiger partial charge in [0.2, 0.25) is 5.88 Å². The van der Waals surface area contributed by atoms with Gasteiger partial charge in [0.05, 0.1) is 6.10 Å². The molecule has 9 heteroatoms. The van der Waals surface area contributed by atoms with Gasteiger partial charge in [0.15, 0.2) is 6.61 Å². The number of carbonyl (C=O) groups excluding carboxylic acids is 1. The number of urea groups is 1. The van der Waals surface area contributed by atoms with Gasteiger partial charge in [0.1, 0.15) is 0 Å². The average Bonchev–Trinajstić information content (AvgIpc) is 3.02. The van der Waals surface area contributed by atoms with Gasteiger partial charge in [-0.05, 0) is 18.9 Å². The SMILES string of the molecule is O=C(NCc1cccnc1OCC(F)(F)F)NCC1CCCO1. The number of ether oxygens (including phenoxy) is 2. The van der Waals surface area contributed by atoms with E-state index in [2.05, 4.69) is 20.4 Å². The molecule has 1 unspecified atom stereocenters. The lowest BCUT2D eigenvalue weighted by molar-refractivity contribution is -0.154. The van der Waals surface area contributed by atoms with Crippen LogP contribution in [-0.2, 0) is 11.3 Å². The van der Waals surface area contributed by atoms with E-state index in [1.165, 1.54) is 6.20 Å². The molecule has 0 aliphatic carbocycles. The molecule has 0 saturated carbocycles. The molecule has 23 heavy (non-hydrogen) atoms. The number of nitrogens with one attached hydrogen (secondary N) is 2. The Kier molecular flexibility index (Phi) is 6.03. The molecule has 0 spiro atoms. The third kappa shape index (κ3) is 6.31. The molecule has 2 amide bonds. The first-order chi connectivity index (χ1) is 10.9. The highest BCUT2D eigenvalue weighted by atomic mass is 19.4. The maximum Gasteiger partial charge on any atom is 0.422 e. The molecule has 2 rings (SSSR count). The molecule has 1 saturated heterocycles. The third-order valence-corrected chi connectivity index (χ3v) is 3.18. The molecule has 128 valence electrons. The highest BCUT2D eigenvalue weighted by Gasteiger charge is 2.29. The Labute approximate surface area is 131 Å². The molecule has 2 N–H and O–H groups in total. The van der Waals surface area contributed by atoms with Crippen LogP contribution in [0.1, 0.15) is 18.4 Å². The van der Waals surface area contributed by atoms with Crippen LogP contribution in [0.15, 0.2) is 18.3 Å². The van der Waals surface area contributed by atoms with Gasteiger partial charge in [-0.2, -0.15) is 13.2 Å². The minimum Gasteiger partial charge on any atom is -0.468 e. The normalized spacial score (nSPS) is 17.8. The number of hydrogen-bond donors (Lipinski definition) is 2. The summed E-state index contributed by atoms with van der Waals surface area (Å²) in [5.41, 5.74) is 0.365. The molecule has 0 bridgehead atoms. The van der Waals surface area contributed by atoms with Crippen LogP contribution in [0, 0.1) is 0 Å². The Morgan fingerprint density at radius 1 is 1.43 bits per heavy atom. The standard InChI is InChI=1S/C14H18F3N3O3/c15-14(16,17)9-23-12-10(3-1-5-18-12)7-19-13(21)20-8-11-4-2-6-22-11/h1,3,5,11H,2,4,6-9H2,(H2,19,20,21). The van der Waals surface area contributed by atoms with E-state index in [-0.39, 0.29) is 18.5 Å². The first kappa shape index (κ1) is 17.3. The average molecular weight is 333 g/mol. The van der Waals surface area contributed by atoms with Crippen LogP contribution in [0.4, 0.5) is 18.0 Å². The summed E-state index contributed by atoms with van der Waals surface area (Å²) in [4.78, 5) is 15.4. The number of halogens is 3. The Hall–Kier alpha value is -2.03. The third-order valence-electron chi connectivity index (χ3n) is 3.18. The van der Waals surface area contributed by atoms with Crippen molar-refractivity contribution < 1.29 is 27.4 Å². The quantitative estimate of drug-likeness (QED) is 0.835. The first-order valence-electron chi connectivity index (χ1n) is 7.21. The fourth-order valence-corrected chi connectivity index (χ4v) is 2.09. The fraction of sp³-hybridized carbons (Fsp3) is 0.571. The fourth-order valence-electron chi connectivity index (χ4n) is 2.09. The van der Waals surface area contributed by atoms with Crippen molar-refractivity contribution in [3.8, 4) is 5.88 Å². The first-order valence-corrected chi connectivity index (χ1v) is 7.21. The van der Waals surface area contributed by atoms with Gasteiger partial charge in [-0.3, -0.25) is 0 Å². The van der Waals surface area contributed by atoms with Gasteiger partial charge in [0, 0.05) is 31.5 Å². The molecule has 1 aromatic heterocycles. The summed E-state index contributed by atoms with van der Waals surface area (Å²) in [6.45, 7) is -0.319. The maximum absolute atomic E-state index is 12.2. The van der Waals surface area contributed by atoms with Crippen molar-refractivity contribution in [1.82, 2.24) is 15.6 Å². The summed E-state index contributed by atoms with van der Waals surface area (Å²) in [6, 6.07) is 2.67. The van der Waals surface area contributed by atoms with Crippen LogP contribution in [0.25, 0.3) is 0 Å². The molecule has 1 aliphatic heterocycles. The second-order valence-electron chi connectivity index (χ2n) is 5.07. The van der Waals surface area contributed by atoms with E-state index < -0.39 is 18.8 Å². The van der Waals surface area contributed by atoms with E-state index in [0.29, 0.717) is 18.7 Å². The lowest BCUT2D eigenvalue weighted by atomic mass is 10.2. The molecular weight excluding hydrogens is 315 g/mol. The van der Waals surface area contributed by atoms with Crippen molar-refractivity contribution in [1.29, 1.82) is 0 Å². The number of amides is 2.